The Morgan fingerprint density at radius 2 is 2.24 bits per heavy atom. The second kappa shape index (κ2) is 4.98. The molecule has 2 heterocycles. The van der Waals surface area contributed by atoms with Crippen LogP contribution < -0.4 is 5.32 Å². The first-order valence-corrected chi connectivity index (χ1v) is 6.58. The van der Waals surface area contributed by atoms with Crippen molar-refractivity contribution in [2.45, 2.75) is 33.4 Å². The van der Waals surface area contributed by atoms with Crippen LogP contribution in [0.3, 0.4) is 0 Å². The highest BCUT2D eigenvalue weighted by Crippen LogP contribution is 2.18. The maximum Gasteiger partial charge on any atom is 0.110 e. The van der Waals surface area contributed by atoms with Crippen LogP contribution in [0.25, 0.3) is 0 Å². The van der Waals surface area contributed by atoms with Gasteiger partial charge in [-0.3, -0.25) is 4.68 Å². The zero-order valence-electron chi connectivity index (χ0n) is 10.7. The molecule has 0 fully saturated rings. The zero-order valence-corrected chi connectivity index (χ0v) is 11.5. The number of rotatable bonds is 4. The van der Waals surface area contributed by atoms with Gasteiger partial charge < -0.3 is 5.32 Å². The maximum absolute atomic E-state index is 4.49. The van der Waals surface area contributed by atoms with E-state index in [1.165, 1.54) is 5.56 Å². The van der Waals surface area contributed by atoms with Crippen molar-refractivity contribution in [1.29, 1.82) is 0 Å². The fourth-order valence-electron chi connectivity index (χ4n) is 1.74. The summed E-state index contributed by atoms with van der Waals surface area (Å²) in [5, 5.41) is 11.0. The van der Waals surface area contributed by atoms with Crippen molar-refractivity contribution in [3.8, 4) is 0 Å². The molecule has 0 aliphatic carbocycles. The van der Waals surface area contributed by atoms with E-state index in [2.05, 4.69) is 33.9 Å². The number of nitrogens with one attached hydrogen (secondary N) is 1. The highest BCUT2D eigenvalue weighted by atomic mass is 32.1. The van der Waals surface area contributed by atoms with Crippen molar-refractivity contribution < 1.29 is 0 Å². The molecule has 0 saturated heterocycles. The summed E-state index contributed by atoms with van der Waals surface area (Å²) in [5.41, 5.74) is 3.42. The smallest absolute Gasteiger partial charge is 0.110 e. The summed E-state index contributed by atoms with van der Waals surface area (Å²) in [6.07, 6.45) is 2.06. The van der Waals surface area contributed by atoms with Crippen molar-refractivity contribution in [3.05, 3.63) is 33.5 Å². The van der Waals surface area contributed by atoms with Crippen LogP contribution in [-0.4, -0.2) is 14.8 Å². The van der Waals surface area contributed by atoms with Crippen LogP contribution in [0.2, 0.25) is 0 Å². The SMILES string of the molecule is Cc1csc(C(C)NCc2cn(C)nc2C)n1. The van der Waals surface area contributed by atoms with Gasteiger partial charge in [-0.2, -0.15) is 5.10 Å². The van der Waals surface area contributed by atoms with E-state index in [9.17, 15) is 0 Å². The van der Waals surface area contributed by atoms with Crippen LogP contribution >= 0.6 is 11.3 Å². The molecule has 2 aromatic rings. The molecule has 0 radical (unpaired) electrons. The molecular formula is C12H18N4S. The minimum Gasteiger partial charge on any atom is -0.304 e. The molecule has 2 aromatic heterocycles. The van der Waals surface area contributed by atoms with Gasteiger partial charge in [-0.25, -0.2) is 4.98 Å². The summed E-state index contributed by atoms with van der Waals surface area (Å²) in [4.78, 5) is 4.49. The first-order valence-electron chi connectivity index (χ1n) is 5.71. The summed E-state index contributed by atoms with van der Waals surface area (Å²) in [5.74, 6) is 0. The molecule has 0 amide bonds. The third kappa shape index (κ3) is 2.92. The standard InChI is InChI=1S/C12H18N4S/c1-8-7-17-12(14-8)10(3)13-5-11-6-16(4)15-9(11)2/h6-7,10,13H,5H2,1-4H3. The summed E-state index contributed by atoms with van der Waals surface area (Å²) in [6.45, 7) is 7.04. The Bertz CT molecular complexity index is 500. The Labute approximate surface area is 106 Å². The number of nitrogens with zero attached hydrogens (tertiary/aromatic N) is 3. The number of thiazole rings is 1. The summed E-state index contributed by atoms with van der Waals surface area (Å²) >= 11 is 1.71. The minimum absolute atomic E-state index is 0.285. The van der Waals surface area contributed by atoms with Crippen molar-refractivity contribution in [3.63, 3.8) is 0 Å². The van der Waals surface area contributed by atoms with Gasteiger partial charge in [0.25, 0.3) is 0 Å². The van der Waals surface area contributed by atoms with Crippen LogP contribution in [-0.2, 0) is 13.6 Å². The lowest BCUT2D eigenvalue weighted by molar-refractivity contribution is 0.569. The Kier molecular flexibility index (Phi) is 3.59. The molecule has 4 nitrogen and oxygen atoms in total. The molecule has 0 saturated carbocycles. The number of aryl methyl sites for hydroxylation is 3. The van der Waals surface area contributed by atoms with E-state index < -0.39 is 0 Å². The van der Waals surface area contributed by atoms with E-state index in [0.29, 0.717) is 0 Å². The first kappa shape index (κ1) is 12.3. The van der Waals surface area contributed by atoms with Crippen LogP contribution in [0.5, 0.6) is 0 Å². The molecule has 0 aliphatic rings. The van der Waals surface area contributed by atoms with Gasteiger partial charge >= 0.3 is 0 Å². The van der Waals surface area contributed by atoms with E-state index >= 15 is 0 Å². The quantitative estimate of drug-likeness (QED) is 0.905. The second-order valence-electron chi connectivity index (χ2n) is 4.34. The molecule has 0 aliphatic heterocycles. The molecule has 1 atom stereocenters. The average Bonchev–Trinajstić information content (AvgIpc) is 2.82. The van der Waals surface area contributed by atoms with Gasteiger partial charge in [0.05, 0.1) is 11.7 Å². The van der Waals surface area contributed by atoms with E-state index in [0.717, 1.165) is 22.9 Å². The lowest BCUT2D eigenvalue weighted by Gasteiger charge is -2.10. The van der Waals surface area contributed by atoms with Crippen molar-refractivity contribution >= 4 is 11.3 Å². The predicted octanol–water partition coefficient (Wildman–Crippen LogP) is 2.34. The second-order valence-corrected chi connectivity index (χ2v) is 5.23. The van der Waals surface area contributed by atoms with E-state index in [1.54, 1.807) is 11.3 Å². The first-order chi connectivity index (χ1) is 8.06. The summed E-state index contributed by atoms with van der Waals surface area (Å²) < 4.78 is 1.85. The van der Waals surface area contributed by atoms with E-state index in [4.69, 9.17) is 0 Å². The van der Waals surface area contributed by atoms with Crippen LogP contribution in [0.15, 0.2) is 11.6 Å². The van der Waals surface area contributed by atoms with Crippen LogP contribution in [0.1, 0.15) is 34.9 Å². The average molecular weight is 250 g/mol. The third-order valence-corrected chi connectivity index (χ3v) is 3.87. The Hall–Kier alpha value is -1.20. The lowest BCUT2D eigenvalue weighted by Crippen LogP contribution is -2.18. The monoisotopic (exact) mass is 250 g/mol. The molecule has 2 rings (SSSR count). The number of hydrogen-bond donors (Lipinski definition) is 1. The topological polar surface area (TPSA) is 42.7 Å². The van der Waals surface area contributed by atoms with Gasteiger partial charge in [0, 0.05) is 36.4 Å². The number of aromatic nitrogens is 3. The van der Waals surface area contributed by atoms with Gasteiger partial charge in [0.1, 0.15) is 5.01 Å². The minimum atomic E-state index is 0.285. The normalized spacial score (nSPS) is 12.9. The van der Waals surface area contributed by atoms with E-state index in [-0.39, 0.29) is 6.04 Å². The van der Waals surface area contributed by atoms with Crippen molar-refractivity contribution in [2.75, 3.05) is 0 Å². The van der Waals surface area contributed by atoms with Crippen LogP contribution in [0, 0.1) is 13.8 Å². The Morgan fingerprint density at radius 3 is 2.76 bits per heavy atom. The fourth-order valence-corrected chi connectivity index (χ4v) is 2.57. The Morgan fingerprint density at radius 1 is 1.47 bits per heavy atom. The van der Waals surface area contributed by atoms with Gasteiger partial charge in [-0.15, -0.1) is 11.3 Å². The third-order valence-electron chi connectivity index (χ3n) is 2.72. The van der Waals surface area contributed by atoms with Crippen LogP contribution in [0.4, 0.5) is 0 Å². The highest BCUT2D eigenvalue weighted by molar-refractivity contribution is 7.09. The molecule has 1 unspecified atom stereocenters. The van der Waals surface area contributed by atoms with Crippen molar-refractivity contribution in [1.82, 2.24) is 20.1 Å². The Balaban J connectivity index is 1.96. The van der Waals surface area contributed by atoms with Gasteiger partial charge in [-0.05, 0) is 20.8 Å². The maximum atomic E-state index is 4.49. The highest BCUT2D eigenvalue weighted by Gasteiger charge is 2.10. The molecule has 0 bridgehead atoms. The predicted molar refractivity (Wildman–Crippen MR) is 70.1 cm³/mol. The fraction of sp³-hybridized carbons (Fsp3) is 0.500. The summed E-state index contributed by atoms with van der Waals surface area (Å²) in [6, 6.07) is 0.285. The molecule has 17 heavy (non-hydrogen) atoms. The zero-order chi connectivity index (χ0) is 12.4. The molecular weight excluding hydrogens is 232 g/mol. The largest absolute Gasteiger partial charge is 0.304 e. The van der Waals surface area contributed by atoms with Gasteiger partial charge in [0.2, 0.25) is 0 Å². The van der Waals surface area contributed by atoms with Gasteiger partial charge in [0.15, 0.2) is 0 Å². The lowest BCUT2D eigenvalue weighted by atomic mass is 10.2. The molecule has 0 aromatic carbocycles. The van der Waals surface area contributed by atoms with Crippen molar-refractivity contribution in [2.24, 2.45) is 7.05 Å². The molecule has 1 N–H and O–H groups in total. The number of hydrogen-bond acceptors (Lipinski definition) is 4. The summed E-state index contributed by atoms with van der Waals surface area (Å²) in [7, 11) is 1.95. The molecule has 92 valence electrons. The van der Waals surface area contributed by atoms with Gasteiger partial charge in [-0.1, -0.05) is 0 Å². The molecule has 5 heteroatoms. The van der Waals surface area contributed by atoms with E-state index in [1.807, 2.05) is 25.6 Å². The molecule has 0 spiro atoms.